The van der Waals surface area contributed by atoms with Crippen molar-refractivity contribution in [2.24, 2.45) is 0 Å². The summed E-state index contributed by atoms with van der Waals surface area (Å²) >= 11 is 0. The highest BCUT2D eigenvalue weighted by Crippen LogP contribution is 2.18. The maximum absolute atomic E-state index is 8.68. The van der Waals surface area contributed by atoms with Crippen LogP contribution in [0.5, 0.6) is 0 Å². The second kappa shape index (κ2) is 6.89. The fourth-order valence-corrected chi connectivity index (χ4v) is 1.79. The molecular formula is C15H18N2O. The number of aliphatic hydroxyl groups is 1. The van der Waals surface area contributed by atoms with E-state index in [1.165, 1.54) is 11.1 Å². The van der Waals surface area contributed by atoms with Crippen molar-refractivity contribution in [1.29, 1.82) is 0 Å². The predicted octanol–water partition coefficient (Wildman–Crippen LogP) is 2.22. The average Bonchev–Trinajstić information content (AvgIpc) is 2.45. The van der Waals surface area contributed by atoms with E-state index in [9.17, 15) is 0 Å². The third-order valence-corrected chi connectivity index (χ3v) is 2.79. The van der Waals surface area contributed by atoms with E-state index in [1.807, 2.05) is 12.3 Å². The highest BCUT2D eigenvalue weighted by atomic mass is 16.3. The first-order valence-corrected chi connectivity index (χ1v) is 6.21. The number of rotatable bonds is 6. The fourth-order valence-electron chi connectivity index (χ4n) is 1.79. The average molecular weight is 242 g/mol. The third-order valence-electron chi connectivity index (χ3n) is 2.79. The van der Waals surface area contributed by atoms with Gasteiger partial charge < -0.3 is 10.4 Å². The van der Waals surface area contributed by atoms with E-state index in [2.05, 4.69) is 40.6 Å². The molecule has 1 aromatic carbocycles. The number of aliphatic hydroxyl groups excluding tert-OH is 1. The lowest BCUT2D eigenvalue weighted by atomic mass is 10.1. The van der Waals surface area contributed by atoms with Crippen LogP contribution in [-0.4, -0.2) is 23.2 Å². The number of hydrogen-bond acceptors (Lipinski definition) is 3. The smallest absolute Gasteiger partial charge is 0.0443 e. The van der Waals surface area contributed by atoms with Crippen molar-refractivity contribution in [2.45, 2.75) is 13.0 Å². The molecule has 94 valence electrons. The maximum Gasteiger partial charge on any atom is 0.0443 e. The van der Waals surface area contributed by atoms with E-state index in [0.29, 0.717) is 0 Å². The zero-order valence-electron chi connectivity index (χ0n) is 10.3. The molecule has 1 aromatic heterocycles. The molecule has 2 aromatic rings. The summed E-state index contributed by atoms with van der Waals surface area (Å²) in [6.45, 7) is 1.93. The van der Waals surface area contributed by atoms with Crippen molar-refractivity contribution < 1.29 is 5.11 Å². The Morgan fingerprint density at radius 2 is 1.89 bits per heavy atom. The standard InChI is InChI=1S/C15H18N2O/c18-10-2-9-16-11-13-4-6-14(7-5-13)15-3-1-8-17-12-15/h1,3-8,12,16,18H,2,9-11H2. The second-order valence-electron chi connectivity index (χ2n) is 4.19. The number of nitrogens with one attached hydrogen (secondary N) is 1. The van der Waals surface area contributed by atoms with Crippen LogP contribution in [0.25, 0.3) is 11.1 Å². The maximum atomic E-state index is 8.68. The number of aromatic nitrogens is 1. The van der Waals surface area contributed by atoms with Crippen LogP contribution in [0, 0.1) is 0 Å². The minimum Gasteiger partial charge on any atom is -0.396 e. The SMILES string of the molecule is OCCCNCc1ccc(-c2cccnc2)cc1. The van der Waals surface area contributed by atoms with Gasteiger partial charge in [-0.3, -0.25) is 4.98 Å². The minimum absolute atomic E-state index is 0.243. The van der Waals surface area contributed by atoms with Crippen LogP contribution in [0.2, 0.25) is 0 Å². The van der Waals surface area contributed by atoms with Gasteiger partial charge in [-0.2, -0.15) is 0 Å². The summed E-state index contributed by atoms with van der Waals surface area (Å²) in [4.78, 5) is 4.12. The van der Waals surface area contributed by atoms with Crippen LogP contribution in [0.4, 0.5) is 0 Å². The Morgan fingerprint density at radius 1 is 1.06 bits per heavy atom. The largest absolute Gasteiger partial charge is 0.396 e. The van der Waals surface area contributed by atoms with Gasteiger partial charge in [0.15, 0.2) is 0 Å². The van der Waals surface area contributed by atoms with Gasteiger partial charge >= 0.3 is 0 Å². The molecule has 0 saturated heterocycles. The lowest BCUT2D eigenvalue weighted by molar-refractivity contribution is 0.286. The Kier molecular flexibility index (Phi) is 4.88. The van der Waals surface area contributed by atoms with E-state index < -0.39 is 0 Å². The summed E-state index contributed by atoms with van der Waals surface area (Å²) in [5, 5.41) is 12.0. The van der Waals surface area contributed by atoms with Crippen LogP contribution in [0.1, 0.15) is 12.0 Å². The summed E-state index contributed by atoms with van der Waals surface area (Å²) in [6, 6.07) is 12.5. The molecule has 0 amide bonds. The molecule has 0 fully saturated rings. The quantitative estimate of drug-likeness (QED) is 0.763. The molecule has 3 heteroatoms. The molecule has 0 spiro atoms. The number of hydrogen-bond donors (Lipinski definition) is 2. The van der Waals surface area contributed by atoms with Crippen LogP contribution < -0.4 is 5.32 Å². The molecule has 0 aliphatic rings. The summed E-state index contributed by atoms with van der Waals surface area (Å²) in [7, 11) is 0. The molecule has 0 unspecified atom stereocenters. The number of pyridine rings is 1. The fraction of sp³-hybridized carbons (Fsp3) is 0.267. The van der Waals surface area contributed by atoms with E-state index in [-0.39, 0.29) is 6.61 Å². The minimum atomic E-state index is 0.243. The van der Waals surface area contributed by atoms with Gasteiger partial charge in [0.25, 0.3) is 0 Å². The van der Waals surface area contributed by atoms with E-state index in [4.69, 9.17) is 5.11 Å². The normalized spacial score (nSPS) is 10.5. The molecule has 0 aliphatic carbocycles. The second-order valence-corrected chi connectivity index (χ2v) is 4.19. The summed E-state index contributed by atoms with van der Waals surface area (Å²) in [6.07, 6.45) is 4.45. The number of benzene rings is 1. The van der Waals surface area contributed by atoms with Gasteiger partial charge in [0.05, 0.1) is 0 Å². The van der Waals surface area contributed by atoms with Crippen molar-refractivity contribution in [3.05, 3.63) is 54.4 Å². The molecule has 3 nitrogen and oxygen atoms in total. The zero-order valence-corrected chi connectivity index (χ0v) is 10.3. The van der Waals surface area contributed by atoms with Crippen LogP contribution in [-0.2, 0) is 6.54 Å². The Bertz CT molecular complexity index is 454. The predicted molar refractivity (Wildman–Crippen MR) is 73.1 cm³/mol. The van der Waals surface area contributed by atoms with Gasteiger partial charge in [-0.1, -0.05) is 30.3 Å². The first kappa shape index (κ1) is 12.7. The summed E-state index contributed by atoms with van der Waals surface area (Å²) < 4.78 is 0. The molecule has 0 aliphatic heterocycles. The molecular weight excluding hydrogens is 224 g/mol. The van der Waals surface area contributed by atoms with Gasteiger partial charge in [0, 0.05) is 25.5 Å². The first-order chi connectivity index (χ1) is 8.90. The van der Waals surface area contributed by atoms with Gasteiger partial charge in [0.2, 0.25) is 0 Å². The molecule has 0 radical (unpaired) electrons. The van der Waals surface area contributed by atoms with Gasteiger partial charge in [-0.15, -0.1) is 0 Å². The molecule has 1 heterocycles. The molecule has 18 heavy (non-hydrogen) atoms. The van der Waals surface area contributed by atoms with Crippen molar-refractivity contribution in [3.63, 3.8) is 0 Å². The van der Waals surface area contributed by atoms with Gasteiger partial charge in [-0.05, 0) is 35.7 Å². The summed E-state index contributed by atoms with van der Waals surface area (Å²) in [5.74, 6) is 0. The highest BCUT2D eigenvalue weighted by Gasteiger charge is 1.97. The van der Waals surface area contributed by atoms with E-state index in [0.717, 1.165) is 25.1 Å². The van der Waals surface area contributed by atoms with Crippen LogP contribution >= 0.6 is 0 Å². The van der Waals surface area contributed by atoms with Crippen molar-refractivity contribution in [2.75, 3.05) is 13.2 Å². The highest BCUT2D eigenvalue weighted by molar-refractivity contribution is 5.62. The van der Waals surface area contributed by atoms with Crippen LogP contribution in [0.3, 0.4) is 0 Å². The Labute approximate surface area is 108 Å². The number of nitrogens with zero attached hydrogens (tertiary/aromatic N) is 1. The monoisotopic (exact) mass is 242 g/mol. The molecule has 2 rings (SSSR count). The van der Waals surface area contributed by atoms with Crippen LogP contribution in [0.15, 0.2) is 48.8 Å². The molecule has 2 N–H and O–H groups in total. The lowest BCUT2D eigenvalue weighted by Gasteiger charge is -2.05. The Hall–Kier alpha value is -1.71. The van der Waals surface area contributed by atoms with Gasteiger partial charge in [0.1, 0.15) is 0 Å². The molecule has 0 saturated carbocycles. The molecule has 0 bridgehead atoms. The molecule has 0 atom stereocenters. The zero-order chi connectivity index (χ0) is 12.6. The topological polar surface area (TPSA) is 45.1 Å². The van der Waals surface area contributed by atoms with Crippen molar-refractivity contribution >= 4 is 0 Å². The van der Waals surface area contributed by atoms with E-state index >= 15 is 0 Å². The Balaban J connectivity index is 1.94. The lowest BCUT2D eigenvalue weighted by Crippen LogP contribution is -2.15. The summed E-state index contributed by atoms with van der Waals surface area (Å²) in [5.41, 5.74) is 3.57. The van der Waals surface area contributed by atoms with E-state index in [1.54, 1.807) is 6.20 Å². The first-order valence-electron chi connectivity index (χ1n) is 6.21. The van der Waals surface area contributed by atoms with Crippen molar-refractivity contribution in [1.82, 2.24) is 10.3 Å². The van der Waals surface area contributed by atoms with Gasteiger partial charge in [-0.25, -0.2) is 0 Å². The third kappa shape index (κ3) is 3.65. The van der Waals surface area contributed by atoms with Crippen molar-refractivity contribution in [3.8, 4) is 11.1 Å². The Morgan fingerprint density at radius 3 is 2.56 bits per heavy atom.